The first-order valence-electron chi connectivity index (χ1n) is 9.39. The second kappa shape index (κ2) is 9.87. The van der Waals surface area contributed by atoms with Crippen molar-refractivity contribution >= 4 is 15.9 Å². The van der Waals surface area contributed by atoms with E-state index in [9.17, 15) is 13.2 Å². The van der Waals surface area contributed by atoms with E-state index in [1.807, 2.05) is 45.0 Å². The van der Waals surface area contributed by atoms with Gasteiger partial charge in [-0.25, -0.2) is 13.6 Å². The summed E-state index contributed by atoms with van der Waals surface area (Å²) in [6.07, 6.45) is 0.738. The van der Waals surface area contributed by atoms with Crippen LogP contribution in [0.1, 0.15) is 31.9 Å². The van der Waals surface area contributed by atoms with Crippen molar-refractivity contribution in [2.75, 3.05) is 13.2 Å². The molecule has 2 aromatic rings. The first-order valence-corrected chi connectivity index (χ1v) is 10.9. The second-order valence-corrected chi connectivity index (χ2v) is 9.37. The van der Waals surface area contributed by atoms with Crippen LogP contribution in [0.5, 0.6) is 5.75 Å². The fraction of sp³-hybridized carbons (Fsp3) is 0.381. The van der Waals surface area contributed by atoms with E-state index in [1.54, 1.807) is 12.1 Å². The van der Waals surface area contributed by atoms with E-state index in [4.69, 9.17) is 9.88 Å². The highest BCUT2D eigenvalue weighted by atomic mass is 32.2. The van der Waals surface area contributed by atoms with Gasteiger partial charge in [0, 0.05) is 17.6 Å². The molecule has 158 valence electrons. The molecule has 0 spiro atoms. The zero-order valence-electron chi connectivity index (χ0n) is 17.1. The molecule has 29 heavy (non-hydrogen) atoms. The molecular formula is C21H29N3O4S. The highest BCUT2D eigenvalue weighted by Gasteiger charge is 2.14. The monoisotopic (exact) mass is 419 g/mol. The minimum Gasteiger partial charge on any atom is -0.483 e. The van der Waals surface area contributed by atoms with Crippen LogP contribution < -0.4 is 20.5 Å². The van der Waals surface area contributed by atoms with Crippen molar-refractivity contribution in [1.29, 1.82) is 0 Å². The SMILES string of the molecule is CC(C)(C)NC(=O)COc1ccccc1CNCCc1ccc(S(N)(=O)=O)cc1. The normalized spacial score (nSPS) is 11.9. The number of para-hydroxylation sites is 1. The van der Waals surface area contributed by atoms with Crippen LogP contribution in [0, 0.1) is 0 Å². The number of hydrogen-bond donors (Lipinski definition) is 3. The standard InChI is InChI=1S/C21H29N3O4S/c1-21(2,3)24-20(25)15-28-19-7-5-4-6-17(19)14-23-13-12-16-8-10-18(11-9-16)29(22,26)27/h4-11,23H,12-15H2,1-3H3,(H,24,25)(H2,22,26,27). The van der Waals surface area contributed by atoms with Gasteiger partial charge in [-0.1, -0.05) is 30.3 Å². The number of carbonyl (C=O) groups excluding carboxylic acids is 1. The van der Waals surface area contributed by atoms with Crippen LogP contribution in [-0.4, -0.2) is 33.0 Å². The van der Waals surface area contributed by atoms with Crippen molar-refractivity contribution < 1.29 is 17.9 Å². The summed E-state index contributed by atoms with van der Waals surface area (Å²) in [4.78, 5) is 12.1. The number of benzene rings is 2. The largest absolute Gasteiger partial charge is 0.483 e. The topological polar surface area (TPSA) is 111 Å². The predicted octanol–water partition coefficient (Wildman–Crippen LogP) is 1.96. The van der Waals surface area contributed by atoms with E-state index >= 15 is 0 Å². The summed E-state index contributed by atoms with van der Waals surface area (Å²) in [7, 11) is -3.67. The Morgan fingerprint density at radius 2 is 1.72 bits per heavy atom. The Kier molecular flexibility index (Phi) is 7.78. The molecule has 0 unspecified atom stereocenters. The molecule has 0 fully saturated rings. The molecule has 0 atom stereocenters. The van der Waals surface area contributed by atoms with Gasteiger partial charge >= 0.3 is 0 Å². The maximum Gasteiger partial charge on any atom is 0.258 e. The van der Waals surface area contributed by atoms with E-state index in [2.05, 4.69) is 10.6 Å². The predicted molar refractivity (Wildman–Crippen MR) is 113 cm³/mol. The molecule has 0 bridgehead atoms. The number of nitrogens with two attached hydrogens (primary N) is 1. The summed E-state index contributed by atoms with van der Waals surface area (Å²) in [5.41, 5.74) is 1.67. The number of sulfonamides is 1. The Hall–Kier alpha value is -2.42. The summed E-state index contributed by atoms with van der Waals surface area (Å²) in [5.74, 6) is 0.504. The van der Waals surface area contributed by atoms with E-state index in [1.165, 1.54) is 12.1 Å². The number of nitrogens with one attached hydrogen (secondary N) is 2. The van der Waals surface area contributed by atoms with E-state index in [0.717, 1.165) is 17.5 Å². The number of ether oxygens (including phenoxy) is 1. The maximum atomic E-state index is 11.9. The van der Waals surface area contributed by atoms with Gasteiger partial charge in [-0.2, -0.15) is 0 Å². The fourth-order valence-corrected chi connectivity index (χ4v) is 3.21. The summed E-state index contributed by atoms with van der Waals surface area (Å²) in [6.45, 7) is 7.02. The lowest BCUT2D eigenvalue weighted by molar-refractivity contribution is -0.124. The summed E-state index contributed by atoms with van der Waals surface area (Å²) >= 11 is 0. The van der Waals surface area contributed by atoms with Crippen LogP contribution in [0.25, 0.3) is 0 Å². The third kappa shape index (κ3) is 8.23. The Labute approximate surface area is 172 Å². The molecule has 8 heteroatoms. The Morgan fingerprint density at radius 3 is 2.34 bits per heavy atom. The van der Waals surface area contributed by atoms with Crippen molar-refractivity contribution in [2.45, 2.75) is 44.2 Å². The Morgan fingerprint density at radius 1 is 1.07 bits per heavy atom. The van der Waals surface area contributed by atoms with Crippen molar-refractivity contribution in [3.05, 3.63) is 59.7 Å². The molecule has 1 amide bonds. The number of hydrogen-bond acceptors (Lipinski definition) is 5. The van der Waals surface area contributed by atoms with Gasteiger partial charge < -0.3 is 15.4 Å². The van der Waals surface area contributed by atoms with Gasteiger partial charge in [0.25, 0.3) is 5.91 Å². The third-order valence-electron chi connectivity index (χ3n) is 4.00. The molecule has 4 N–H and O–H groups in total. The molecule has 0 saturated carbocycles. The smallest absolute Gasteiger partial charge is 0.258 e. The van der Waals surface area contributed by atoms with Gasteiger partial charge in [0.1, 0.15) is 5.75 Å². The first-order chi connectivity index (χ1) is 13.5. The van der Waals surface area contributed by atoms with Crippen molar-refractivity contribution in [3.8, 4) is 5.75 Å². The third-order valence-corrected chi connectivity index (χ3v) is 4.93. The average molecular weight is 420 g/mol. The minimum atomic E-state index is -3.67. The van der Waals surface area contributed by atoms with Gasteiger partial charge in [0.2, 0.25) is 10.0 Å². The van der Waals surface area contributed by atoms with Crippen LogP contribution in [0.2, 0.25) is 0 Å². The van der Waals surface area contributed by atoms with Gasteiger partial charge in [-0.15, -0.1) is 0 Å². The van der Waals surface area contributed by atoms with Gasteiger partial charge in [0.05, 0.1) is 4.90 Å². The van der Waals surface area contributed by atoms with Gasteiger partial charge in [0.15, 0.2) is 6.61 Å². The van der Waals surface area contributed by atoms with Crippen molar-refractivity contribution in [3.63, 3.8) is 0 Å². The lowest BCUT2D eigenvalue weighted by Gasteiger charge is -2.20. The number of carbonyl (C=O) groups is 1. The number of rotatable bonds is 9. The highest BCUT2D eigenvalue weighted by Crippen LogP contribution is 2.18. The quantitative estimate of drug-likeness (QED) is 0.538. The van der Waals surface area contributed by atoms with Crippen molar-refractivity contribution in [2.24, 2.45) is 5.14 Å². The number of primary sulfonamides is 1. The van der Waals surface area contributed by atoms with Crippen LogP contribution >= 0.6 is 0 Å². The summed E-state index contributed by atoms with van der Waals surface area (Å²) in [5, 5.41) is 11.3. The molecule has 2 aromatic carbocycles. The van der Waals surface area contributed by atoms with Crippen LogP contribution in [-0.2, 0) is 27.8 Å². The molecule has 0 heterocycles. The van der Waals surface area contributed by atoms with E-state index < -0.39 is 10.0 Å². The molecule has 7 nitrogen and oxygen atoms in total. The zero-order valence-corrected chi connectivity index (χ0v) is 17.9. The molecule has 0 aromatic heterocycles. The lowest BCUT2D eigenvalue weighted by Crippen LogP contribution is -2.43. The first kappa shape index (κ1) is 22.9. The Bertz CT molecular complexity index is 920. The second-order valence-electron chi connectivity index (χ2n) is 7.81. The molecule has 0 saturated heterocycles. The fourth-order valence-electron chi connectivity index (χ4n) is 2.69. The van der Waals surface area contributed by atoms with Gasteiger partial charge in [-0.05, 0) is 57.5 Å². The number of amides is 1. The minimum absolute atomic E-state index is 0.0370. The lowest BCUT2D eigenvalue weighted by atomic mass is 10.1. The van der Waals surface area contributed by atoms with Crippen LogP contribution in [0.15, 0.2) is 53.4 Å². The Balaban J connectivity index is 1.83. The average Bonchev–Trinajstić information content (AvgIpc) is 2.62. The highest BCUT2D eigenvalue weighted by molar-refractivity contribution is 7.89. The molecule has 2 rings (SSSR count). The molecule has 0 aliphatic heterocycles. The summed E-state index contributed by atoms with van der Waals surface area (Å²) in [6, 6.07) is 14.1. The van der Waals surface area contributed by atoms with Crippen LogP contribution in [0.3, 0.4) is 0 Å². The maximum absolute atomic E-state index is 11.9. The van der Waals surface area contributed by atoms with Crippen molar-refractivity contribution in [1.82, 2.24) is 10.6 Å². The summed E-state index contributed by atoms with van der Waals surface area (Å²) < 4.78 is 28.3. The molecule has 0 aliphatic carbocycles. The zero-order chi connectivity index (χ0) is 21.5. The molecule has 0 radical (unpaired) electrons. The molecular weight excluding hydrogens is 390 g/mol. The van der Waals surface area contributed by atoms with Crippen LogP contribution in [0.4, 0.5) is 0 Å². The van der Waals surface area contributed by atoms with E-state index in [-0.39, 0.29) is 22.9 Å². The van der Waals surface area contributed by atoms with Gasteiger partial charge in [-0.3, -0.25) is 4.79 Å². The molecule has 0 aliphatic rings. The van der Waals surface area contributed by atoms with E-state index in [0.29, 0.717) is 18.8 Å².